The van der Waals surface area contributed by atoms with Crippen molar-refractivity contribution in [2.24, 2.45) is 0 Å². The predicted octanol–water partition coefficient (Wildman–Crippen LogP) is 4.72. The van der Waals surface area contributed by atoms with Crippen LogP contribution in [-0.4, -0.2) is 4.05 Å². The molecule has 0 aliphatic carbocycles. The van der Waals surface area contributed by atoms with E-state index in [-0.39, 0.29) is 0 Å². The Balaban J connectivity index is 1.64. The molecule has 0 nitrogen and oxygen atoms in total. The van der Waals surface area contributed by atoms with Crippen LogP contribution >= 0.6 is 9.24 Å². The van der Waals surface area contributed by atoms with Crippen LogP contribution in [0.15, 0.2) is 0 Å². The van der Waals surface area contributed by atoms with Crippen LogP contribution in [0.25, 0.3) is 0 Å². The van der Waals surface area contributed by atoms with Crippen molar-refractivity contribution < 1.29 is 6.51 Å². The molecule has 10 aliphatic heterocycles. The normalized spacial score (nSPS) is 131. The molecule has 0 saturated carbocycles. The Morgan fingerprint density at radius 3 is 1.88 bits per heavy atom. The van der Waals surface area contributed by atoms with Crippen molar-refractivity contribution in [1.29, 1.82) is 0 Å². The first-order valence-corrected chi connectivity index (χ1v) is 14.3. The third kappa shape index (κ3) is 0.0536. The van der Waals surface area contributed by atoms with Gasteiger partial charge in [-0.25, -0.2) is 0 Å². The summed E-state index contributed by atoms with van der Waals surface area (Å²) in [7, 11) is 3.61. The molecule has 6 unspecified atom stereocenters. The summed E-state index contributed by atoms with van der Waals surface area (Å²) < 4.78 is 2.20. The van der Waals surface area contributed by atoms with Gasteiger partial charge in [0, 0.05) is 0 Å². The Bertz CT molecular complexity index is 919. The first kappa shape index (κ1) is 6.40. The summed E-state index contributed by atoms with van der Waals surface area (Å²) >= 11 is 0. The van der Waals surface area contributed by atoms with Gasteiger partial charge in [0.2, 0.25) is 0 Å². The molecule has 0 radical (unpaired) electrons. The molecule has 0 aromatic heterocycles. The van der Waals surface area contributed by atoms with Crippen LogP contribution in [-0.2, 0) is 6.51 Å². The molecular weight excluding hydrogens is 255 g/mol. The molecule has 6 atom stereocenters. The SMILES string of the molecule is CCCC[C]12[CH]3[CH]4[CH]5[C]1(P)[Fe]45321678[CH]2[CH]1[CH]6[CH]7[CH]28. The zero-order valence-corrected chi connectivity index (χ0v) is 11.9. The van der Waals surface area contributed by atoms with Gasteiger partial charge in [-0.05, 0) is 0 Å². The Morgan fingerprint density at radius 1 is 1.00 bits per heavy atom. The van der Waals surface area contributed by atoms with Crippen molar-refractivity contribution in [2.45, 2.75) is 73.1 Å². The fourth-order valence-corrected chi connectivity index (χ4v) is 104. The Kier molecular flexibility index (Phi) is 0.198. The van der Waals surface area contributed by atoms with E-state index in [1.165, 1.54) is 45.0 Å². The molecule has 10 rings (SSSR count). The minimum atomic E-state index is -2.77. The van der Waals surface area contributed by atoms with Crippen LogP contribution in [0.5, 0.6) is 0 Å². The van der Waals surface area contributed by atoms with E-state index in [1.807, 2.05) is 0 Å². The molecule has 0 amide bonds. The van der Waals surface area contributed by atoms with E-state index in [2.05, 4.69) is 16.2 Å². The number of fused-ring (bicyclic) bond motifs is 10. The molecule has 2 heteroatoms. The van der Waals surface area contributed by atoms with E-state index in [1.54, 1.807) is 12.8 Å². The van der Waals surface area contributed by atoms with E-state index in [0.29, 0.717) is 0 Å². The summed E-state index contributed by atoms with van der Waals surface area (Å²) in [5.41, 5.74) is 0. The second-order valence-corrected chi connectivity index (χ2v) is 35.9. The monoisotopic (exact) mass is 274 g/mol. The molecule has 10 fully saturated rings. The van der Waals surface area contributed by atoms with Gasteiger partial charge in [0.05, 0.1) is 0 Å². The first-order chi connectivity index (χ1) is 7.50. The number of hydrogen-bond acceptors (Lipinski definition) is 0. The molecule has 0 bridgehead atoms. The molecule has 10 saturated heterocycles. The van der Waals surface area contributed by atoms with E-state index in [0.717, 1.165) is 8.37 Å². The average molecular weight is 274 g/mol. The second kappa shape index (κ2) is 0.494. The summed E-state index contributed by atoms with van der Waals surface area (Å²) in [6.07, 6.45) is 4.78. The Morgan fingerprint density at radius 2 is 1.62 bits per heavy atom. The molecule has 0 N–H and O–H groups in total. The van der Waals surface area contributed by atoms with Gasteiger partial charge in [-0.1, -0.05) is 0 Å². The summed E-state index contributed by atoms with van der Waals surface area (Å²) in [5.74, 6) is 0. The van der Waals surface area contributed by atoms with Crippen LogP contribution in [0, 0.1) is 0 Å². The predicted molar refractivity (Wildman–Crippen MR) is 64.7 cm³/mol. The maximum atomic E-state index is 3.61. The first-order valence-electron chi connectivity index (χ1n) is 7.50. The van der Waals surface area contributed by atoms with E-state index >= 15 is 0 Å². The van der Waals surface area contributed by atoms with Gasteiger partial charge in [-0.2, -0.15) is 0 Å². The molecule has 1 spiro atoms. The van der Waals surface area contributed by atoms with Gasteiger partial charge in [0.1, 0.15) is 0 Å². The maximum absolute atomic E-state index is 3.61. The summed E-state index contributed by atoms with van der Waals surface area (Å²) in [6, 6.07) is 0. The van der Waals surface area contributed by atoms with Gasteiger partial charge in [0.15, 0.2) is 0 Å². The Labute approximate surface area is 88.8 Å². The second-order valence-electron chi connectivity index (χ2n) is 11.1. The van der Waals surface area contributed by atoms with Crippen LogP contribution in [0.4, 0.5) is 0 Å². The third-order valence-electron chi connectivity index (χ3n) is 16.2. The third-order valence-corrected chi connectivity index (χ3v) is 65.4. The van der Waals surface area contributed by atoms with Crippen molar-refractivity contribution in [3.05, 3.63) is 0 Å². The van der Waals surface area contributed by atoms with Crippen molar-refractivity contribution >= 4 is 9.24 Å². The number of hydrogen-bond donors (Lipinski definition) is 0. The van der Waals surface area contributed by atoms with Gasteiger partial charge >= 0.3 is 88.8 Å². The summed E-state index contributed by atoms with van der Waals surface area (Å²) in [4.78, 5) is 12.1. The summed E-state index contributed by atoms with van der Waals surface area (Å²) in [6.45, 7) is -0.354. The van der Waals surface area contributed by atoms with Gasteiger partial charge in [-0.3, -0.25) is 0 Å². The molecule has 10 heterocycles. The molecular formula is C14H19FeP. The zero-order valence-electron chi connectivity index (χ0n) is 9.67. The van der Waals surface area contributed by atoms with Crippen molar-refractivity contribution in [3.63, 3.8) is 0 Å². The van der Waals surface area contributed by atoms with Crippen molar-refractivity contribution in [2.75, 3.05) is 0 Å². The quantitative estimate of drug-likeness (QED) is 0.516. The van der Waals surface area contributed by atoms with Gasteiger partial charge < -0.3 is 0 Å². The fourth-order valence-electron chi connectivity index (χ4n) is 18.3. The fraction of sp³-hybridized carbons (Fsp3) is 1.00. The molecule has 10 aliphatic rings. The van der Waals surface area contributed by atoms with E-state index in [9.17, 15) is 0 Å². The van der Waals surface area contributed by atoms with Crippen LogP contribution in [0.1, 0.15) is 26.2 Å². The molecule has 0 aromatic rings. The van der Waals surface area contributed by atoms with E-state index in [4.69, 9.17) is 0 Å². The van der Waals surface area contributed by atoms with Crippen molar-refractivity contribution in [1.82, 2.24) is 0 Å². The van der Waals surface area contributed by atoms with Gasteiger partial charge in [-0.15, -0.1) is 0 Å². The minimum absolute atomic E-state index is 1.06. The Hall–Kier alpha value is 0.949. The van der Waals surface area contributed by atoms with Gasteiger partial charge in [0.25, 0.3) is 0 Å². The van der Waals surface area contributed by atoms with Crippen LogP contribution in [0.3, 0.4) is 0 Å². The molecule has 0 aromatic carbocycles. The van der Waals surface area contributed by atoms with Crippen molar-refractivity contribution in [3.8, 4) is 0 Å². The topological polar surface area (TPSA) is 0 Å². The summed E-state index contributed by atoms with van der Waals surface area (Å²) in [5, 5.41) is 0. The standard InChI is InChI=1S/C9H14P.C5H5.Fe/c1-2-3-5-8-6-4-7-9(8)10;1-2-4-5-3-1;/h4,6-7H,2-3,5,10H2,1H3;1-5H;. The van der Waals surface area contributed by atoms with Crippen LogP contribution in [0.2, 0.25) is 42.8 Å². The van der Waals surface area contributed by atoms with E-state index < -0.39 is 6.51 Å². The molecule has 88 valence electrons. The number of unbranched alkanes of at least 4 members (excludes halogenated alkanes) is 1. The average Bonchev–Trinajstić information content (AvgIpc) is 3.21. The van der Waals surface area contributed by atoms with Crippen LogP contribution < -0.4 is 0 Å². The number of rotatable bonds is 3. The zero-order chi connectivity index (χ0) is 10.1. The molecule has 16 heavy (non-hydrogen) atoms.